The van der Waals surface area contributed by atoms with Crippen molar-refractivity contribution in [3.8, 4) is 11.5 Å². The van der Waals surface area contributed by atoms with Crippen molar-refractivity contribution >= 4 is 41.4 Å². The molecule has 0 unspecified atom stereocenters. The molecule has 0 radical (unpaired) electrons. The zero-order valence-corrected chi connectivity index (χ0v) is 17.5. The second-order valence-electron chi connectivity index (χ2n) is 6.48. The number of hydrogen-bond donors (Lipinski definition) is 1. The summed E-state index contributed by atoms with van der Waals surface area (Å²) in [6, 6.07) is 20.6. The Morgan fingerprint density at radius 1 is 0.767 bits per heavy atom. The molecule has 0 aliphatic carbocycles. The third-order valence-corrected chi connectivity index (χ3v) is 4.57. The van der Waals surface area contributed by atoms with Gasteiger partial charge >= 0.3 is 0 Å². The van der Waals surface area contributed by atoms with Gasteiger partial charge in [-0.05, 0) is 59.2 Å². The maximum Gasteiger partial charge on any atom is 0.248 e. The first-order valence-electron chi connectivity index (χ1n) is 9.31. The van der Waals surface area contributed by atoms with Crippen molar-refractivity contribution in [3.05, 3.63) is 94.5 Å². The summed E-state index contributed by atoms with van der Waals surface area (Å²) >= 11 is 5.86. The number of amides is 1. The van der Waals surface area contributed by atoms with E-state index in [0.29, 0.717) is 5.02 Å². The Kier molecular flexibility index (Phi) is 7.30. The number of hydrogen-bond acceptors (Lipinski definition) is 3. The van der Waals surface area contributed by atoms with Gasteiger partial charge in [-0.2, -0.15) is 0 Å². The molecule has 1 N–H and O–H groups in total. The number of rotatable bonds is 7. The standard InChI is InChI=1S/C25H22ClNO3/c1-29-23-15-20(16-24(17-23)30-2)4-3-18-7-12-22(13-8-18)27-25(28)14-9-19-5-10-21(26)11-6-19/h3-17H,1-2H3,(H,27,28)/b4-3+,14-9+. The summed E-state index contributed by atoms with van der Waals surface area (Å²) in [5.74, 6) is 1.27. The number of nitrogens with one attached hydrogen (secondary N) is 1. The molecule has 0 atom stereocenters. The van der Waals surface area contributed by atoms with Crippen LogP contribution in [0.1, 0.15) is 16.7 Å². The number of ether oxygens (including phenoxy) is 2. The van der Waals surface area contributed by atoms with E-state index < -0.39 is 0 Å². The zero-order chi connectivity index (χ0) is 21.3. The van der Waals surface area contributed by atoms with Crippen molar-refractivity contribution in [1.29, 1.82) is 0 Å². The average molecular weight is 420 g/mol. The van der Waals surface area contributed by atoms with Crippen LogP contribution in [0.25, 0.3) is 18.2 Å². The van der Waals surface area contributed by atoms with Crippen LogP contribution in [0, 0.1) is 0 Å². The molecule has 0 heterocycles. The number of anilines is 1. The molecule has 5 heteroatoms. The van der Waals surface area contributed by atoms with Crippen LogP contribution < -0.4 is 14.8 Å². The first-order chi connectivity index (χ1) is 14.6. The minimum Gasteiger partial charge on any atom is -0.497 e. The molecule has 0 aliphatic rings. The topological polar surface area (TPSA) is 47.6 Å². The third-order valence-electron chi connectivity index (χ3n) is 4.32. The molecule has 0 saturated carbocycles. The second kappa shape index (κ2) is 10.3. The minimum absolute atomic E-state index is 0.197. The summed E-state index contributed by atoms with van der Waals surface area (Å²) in [6.45, 7) is 0. The summed E-state index contributed by atoms with van der Waals surface area (Å²) < 4.78 is 10.6. The number of halogens is 1. The number of benzene rings is 3. The molecule has 3 rings (SSSR count). The molecule has 3 aromatic carbocycles. The van der Waals surface area contributed by atoms with Crippen molar-refractivity contribution in [2.45, 2.75) is 0 Å². The Morgan fingerprint density at radius 2 is 1.30 bits per heavy atom. The lowest BCUT2D eigenvalue weighted by molar-refractivity contribution is -0.111. The van der Waals surface area contributed by atoms with Crippen molar-refractivity contribution < 1.29 is 14.3 Å². The molecule has 3 aromatic rings. The van der Waals surface area contributed by atoms with E-state index in [0.717, 1.165) is 33.9 Å². The van der Waals surface area contributed by atoms with Gasteiger partial charge in [0.05, 0.1) is 14.2 Å². The smallest absolute Gasteiger partial charge is 0.248 e. The van der Waals surface area contributed by atoms with E-state index >= 15 is 0 Å². The highest BCUT2D eigenvalue weighted by molar-refractivity contribution is 6.30. The molecule has 1 amide bonds. The van der Waals surface area contributed by atoms with Gasteiger partial charge in [0.25, 0.3) is 0 Å². The van der Waals surface area contributed by atoms with Gasteiger partial charge in [0, 0.05) is 22.9 Å². The van der Waals surface area contributed by atoms with Crippen molar-refractivity contribution in [2.24, 2.45) is 0 Å². The molecule has 0 fully saturated rings. The fourth-order valence-electron chi connectivity index (χ4n) is 2.73. The highest BCUT2D eigenvalue weighted by atomic mass is 35.5. The van der Waals surface area contributed by atoms with Gasteiger partial charge in [0.15, 0.2) is 0 Å². The van der Waals surface area contributed by atoms with Crippen LogP contribution >= 0.6 is 11.6 Å². The Hall–Kier alpha value is -3.50. The van der Waals surface area contributed by atoms with E-state index in [9.17, 15) is 4.79 Å². The largest absolute Gasteiger partial charge is 0.497 e. The van der Waals surface area contributed by atoms with E-state index in [1.165, 1.54) is 6.08 Å². The third kappa shape index (κ3) is 6.26. The van der Waals surface area contributed by atoms with Crippen LogP contribution in [0.3, 0.4) is 0 Å². The van der Waals surface area contributed by atoms with Crippen LogP contribution in [0.5, 0.6) is 11.5 Å². The van der Waals surface area contributed by atoms with Gasteiger partial charge in [0.2, 0.25) is 5.91 Å². The van der Waals surface area contributed by atoms with E-state index in [4.69, 9.17) is 21.1 Å². The second-order valence-corrected chi connectivity index (χ2v) is 6.91. The quantitative estimate of drug-likeness (QED) is 0.367. The summed E-state index contributed by atoms with van der Waals surface area (Å²) in [5.41, 5.74) is 3.60. The first-order valence-corrected chi connectivity index (χ1v) is 9.69. The Labute approximate surface area is 181 Å². The Bertz CT molecular complexity index is 1030. The molecular formula is C25H22ClNO3. The maximum absolute atomic E-state index is 12.1. The fraction of sp³-hybridized carbons (Fsp3) is 0.0800. The van der Waals surface area contributed by atoms with E-state index in [2.05, 4.69) is 5.32 Å². The van der Waals surface area contributed by atoms with Crippen LogP contribution in [0.15, 0.2) is 72.8 Å². The van der Waals surface area contributed by atoms with E-state index in [-0.39, 0.29) is 5.91 Å². The molecule has 0 aromatic heterocycles. The normalized spacial score (nSPS) is 11.0. The highest BCUT2D eigenvalue weighted by Gasteiger charge is 2.00. The lowest BCUT2D eigenvalue weighted by Gasteiger charge is -2.06. The van der Waals surface area contributed by atoms with Gasteiger partial charge in [-0.25, -0.2) is 0 Å². The number of carbonyl (C=O) groups is 1. The Morgan fingerprint density at radius 3 is 1.90 bits per heavy atom. The van der Waals surface area contributed by atoms with Crippen LogP contribution in [0.2, 0.25) is 5.02 Å². The van der Waals surface area contributed by atoms with Gasteiger partial charge in [-0.3, -0.25) is 4.79 Å². The average Bonchev–Trinajstić information content (AvgIpc) is 2.78. The van der Waals surface area contributed by atoms with Crippen molar-refractivity contribution in [1.82, 2.24) is 0 Å². The lowest BCUT2D eigenvalue weighted by Crippen LogP contribution is -2.07. The minimum atomic E-state index is -0.197. The van der Waals surface area contributed by atoms with E-state index in [1.54, 1.807) is 32.4 Å². The van der Waals surface area contributed by atoms with Crippen molar-refractivity contribution in [3.63, 3.8) is 0 Å². The van der Waals surface area contributed by atoms with Gasteiger partial charge < -0.3 is 14.8 Å². The Balaban J connectivity index is 1.61. The molecule has 0 saturated heterocycles. The molecule has 0 spiro atoms. The summed E-state index contributed by atoms with van der Waals surface area (Å²) in [6.07, 6.45) is 7.20. The number of carbonyl (C=O) groups excluding carboxylic acids is 1. The zero-order valence-electron chi connectivity index (χ0n) is 16.8. The van der Waals surface area contributed by atoms with Gasteiger partial charge in [-0.15, -0.1) is 0 Å². The van der Waals surface area contributed by atoms with E-state index in [1.807, 2.05) is 66.7 Å². The predicted octanol–water partition coefficient (Wildman–Crippen LogP) is 6.18. The lowest BCUT2D eigenvalue weighted by atomic mass is 10.1. The maximum atomic E-state index is 12.1. The molecule has 4 nitrogen and oxygen atoms in total. The summed E-state index contributed by atoms with van der Waals surface area (Å²) in [4.78, 5) is 12.1. The van der Waals surface area contributed by atoms with Crippen molar-refractivity contribution in [2.75, 3.05) is 19.5 Å². The molecular weight excluding hydrogens is 398 g/mol. The molecule has 152 valence electrons. The monoisotopic (exact) mass is 419 g/mol. The van der Waals surface area contributed by atoms with Gasteiger partial charge in [0.1, 0.15) is 11.5 Å². The SMILES string of the molecule is COc1cc(/C=C/c2ccc(NC(=O)/C=C/c3ccc(Cl)cc3)cc2)cc(OC)c1. The van der Waals surface area contributed by atoms with Crippen LogP contribution in [-0.4, -0.2) is 20.1 Å². The first kappa shape index (κ1) is 21.2. The van der Waals surface area contributed by atoms with Gasteiger partial charge in [-0.1, -0.05) is 48.0 Å². The fourth-order valence-corrected chi connectivity index (χ4v) is 2.85. The molecule has 30 heavy (non-hydrogen) atoms. The van der Waals surface area contributed by atoms with Crippen LogP contribution in [-0.2, 0) is 4.79 Å². The summed E-state index contributed by atoms with van der Waals surface area (Å²) in [5, 5.41) is 3.51. The summed E-state index contributed by atoms with van der Waals surface area (Å²) in [7, 11) is 3.25. The number of methoxy groups -OCH3 is 2. The predicted molar refractivity (Wildman–Crippen MR) is 124 cm³/mol. The molecule has 0 bridgehead atoms. The molecule has 0 aliphatic heterocycles. The highest BCUT2D eigenvalue weighted by Crippen LogP contribution is 2.24. The van der Waals surface area contributed by atoms with Crippen LogP contribution in [0.4, 0.5) is 5.69 Å².